The summed E-state index contributed by atoms with van der Waals surface area (Å²) in [6.07, 6.45) is 3.90. The van der Waals surface area contributed by atoms with Crippen LogP contribution in [0.25, 0.3) is 10.2 Å². The number of hydrogen-bond donors (Lipinski definition) is 0. The van der Waals surface area contributed by atoms with Crippen molar-refractivity contribution in [2.75, 3.05) is 13.2 Å². The van der Waals surface area contributed by atoms with Crippen molar-refractivity contribution in [3.8, 4) is 11.5 Å². The third-order valence-corrected chi connectivity index (χ3v) is 5.62. The van der Waals surface area contributed by atoms with Crippen molar-refractivity contribution in [3.05, 3.63) is 65.5 Å². The summed E-state index contributed by atoms with van der Waals surface area (Å²) in [5, 5.41) is 0. The highest BCUT2D eigenvalue weighted by Gasteiger charge is 2.16. The summed E-state index contributed by atoms with van der Waals surface area (Å²) in [4.78, 5) is 17.5. The average Bonchev–Trinajstić information content (AvgIpc) is 3.03. The number of fused-ring (bicyclic) bond motifs is 2. The van der Waals surface area contributed by atoms with Gasteiger partial charge in [0.15, 0.2) is 16.3 Å². The molecule has 1 aliphatic heterocycles. The Kier molecular flexibility index (Phi) is 5.58. The first-order chi connectivity index (χ1) is 13.7. The van der Waals surface area contributed by atoms with Crippen molar-refractivity contribution < 1.29 is 14.3 Å². The van der Waals surface area contributed by atoms with Crippen molar-refractivity contribution in [3.63, 3.8) is 0 Å². The van der Waals surface area contributed by atoms with E-state index in [-0.39, 0.29) is 5.91 Å². The fraction of sp³-hybridized carbons (Fsp3) is 0.273. The highest BCUT2D eigenvalue weighted by molar-refractivity contribution is 7.16. The zero-order valence-corrected chi connectivity index (χ0v) is 16.4. The van der Waals surface area contributed by atoms with Gasteiger partial charge in [-0.3, -0.25) is 4.79 Å². The summed E-state index contributed by atoms with van der Waals surface area (Å²) in [5.41, 5.74) is 2.22. The van der Waals surface area contributed by atoms with E-state index in [2.05, 4.69) is 23.7 Å². The average molecular weight is 394 g/mol. The van der Waals surface area contributed by atoms with Crippen LogP contribution < -0.4 is 14.3 Å². The van der Waals surface area contributed by atoms with Crippen LogP contribution in [0.2, 0.25) is 0 Å². The topological polar surface area (TPSA) is 52.8 Å². The maximum absolute atomic E-state index is 12.4. The predicted octanol–water partition coefficient (Wildman–Crippen LogP) is 4.11. The lowest BCUT2D eigenvalue weighted by Gasteiger charge is -2.18. The quantitative estimate of drug-likeness (QED) is 0.591. The van der Waals surface area contributed by atoms with Gasteiger partial charge in [-0.25, -0.2) is 0 Å². The number of ether oxygens (including phenoxy) is 2. The van der Waals surface area contributed by atoms with E-state index >= 15 is 0 Å². The van der Waals surface area contributed by atoms with E-state index in [0.29, 0.717) is 31.0 Å². The molecule has 0 bridgehead atoms. The molecule has 0 saturated heterocycles. The molecule has 1 amide bonds. The van der Waals surface area contributed by atoms with E-state index in [0.717, 1.165) is 34.6 Å². The molecule has 6 heteroatoms. The van der Waals surface area contributed by atoms with Gasteiger partial charge in [0.05, 0.1) is 10.2 Å². The molecule has 0 N–H and O–H groups in total. The smallest absolute Gasteiger partial charge is 0.248 e. The monoisotopic (exact) mass is 394 g/mol. The second kappa shape index (κ2) is 8.44. The summed E-state index contributed by atoms with van der Waals surface area (Å²) in [7, 11) is 0. The second-order valence-electron chi connectivity index (χ2n) is 6.59. The van der Waals surface area contributed by atoms with E-state index in [1.807, 2.05) is 41.0 Å². The summed E-state index contributed by atoms with van der Waals surface area (Å²) >= 11 is 1.49. The molecule has 0 radical (unpaired) electrons. The maximum Gasteiger partial charge on any atom is 0.248 e. The predicted molar refractivity (Wildman–Crippen MR) is 111 cm³/mol. The number of aryl methyl sites for hydroxylation is 1. The largest absolute Gasteiger partial charge is 0.486 e. The van der Waals surface area contributed by atoms with Crippen molar-refractivity contribution >= 4 is 27.5 Å². The third-order valence-electron chi connectivity index (χ3n) is 4.58. The number of nitrogens with zero attached hydrogens (tertiary/aromatic N) is 2. The summed E-state index contributed by atoms with van der Waals surface area (Å²) in [5.74, 6) is 1.37. The molecule has 0 aliphatic carbocycles. The number of benzene rings is 2. The van der Waals surface area contributed by atoms with Gasteiger partial charge in [0, 0.05) is 25.1 Å². The number of thiazole rings is 1. The van der Waals surface area contributed by atoms with Crippen LogP contribution in [-0.2, 0) is 17.8 Å². The van der Waals surface area contributed by atoms with Crippen LogP contribution in [0.3, 0.4) is 0 Å². The molecule has 28 heavy (non-hydrogen) atoms. The molecular formula is C22H22N2O3S. The van der Waals surface area contributed by atoms with Gasteiger partial charge < -0.3 is 14.0 Å². The lowest BCUT2D eigenvalue weighted by molar-refractivity contribution is -0.118. The number of carbonyl (C=O) groups is 1. The molecule has 0 atom stereocenters. The number of rotatable bonds is 6. The normalized spacial score (nSPS) is 13.6. The molecule has 0 unspecified atom stereocenters. The first-order valence-corrected chi connectivity index (χ1v) is 10.2. The lowest BCUT2D eigenvalue weighted by atomic mass is 10.1. The van der Waals surface area contributed by atoms with Crippen LogP contribution in [0.1, 0.15) is 18.4 Å². The molecule has 0 saturated carbocycles. The maximum atomic E-state index is 12.4. The highest BCUT2D eigenvalue weighted by atomic mass is 32.1. The van der Waals surface area contributed by atoms with Crippen molar-refractivity contribution in [1.82, 2.24) is 4.57 Å². The first kappa shape index (κ1) is 18.5. The van der Waals surface area contributed by atoms with Crippen molar-refractivity contribution in [2.24, 2.45) is 4.99 Å². The van der Waals surface area contributed by atoms with Gasteiger partial charge in [-0.1, -0.05) is 47.7 Å². The number of aromatic nitrogens is 1. The molecular weight excluding hydrogens is 372 g/mol. The number of hydrogen-bond acceptors (Lipinski definition) is 4. The molecule has 5 nitrogen and oxygen atoms in total. The molecule has 1 aliphatic rings. The van der Waals surface area contributed by atoms with Crippen LogP contribution in [0.4, 0.5) is 0 Å². The van der Waals surface area contributed by atoms with E-state index in [9.17, 15) is 4.79 Å². The molecule has 3 aromatic rings. The first-order valence-electron chi connectivity index (χ1n) is 9.40. The van der Waals surface area contributed by atoms with Gasteiger partial charge in [-0.05, 0) is 18.4 Å². The Morgan fingerprint density at radius 3 is 2.68 bits per heavy atom. The van der Waals surface area contributed by atoms with Crippen LogP contribution in [-0.4, -0.2) is 23.7 Å². The SMILES string of the molecule is C=CCn1c(=NC(=O)CCCc2ccccc2)sc2cc3c(cc21)OCCO3. The van der Waals surface area contributed by atoms with Gasteiger partial charge in [-0.15, -0.1) is 6.58 Å². The van der Waals surface area contributed by atoms with Gasteiger partial charge in [0.1, 0.15) is 13.2 Å². The Bertz CT molecular complexity index is 1070. The van der Waals surface area contributed by atoms with Crippen LogP contribution in [0.15, 0.2) is 60.1 Å². The Labute approximate surface area is 167 Å². The Morgan fingerprint density at radius 1 is 1.18 bits per heavy atom. The fourth-order valence-electron chi connectivity index (χ4n) is 3.25. The zero-order valence-electron chi connectivity index (χ0n) is 15.6. The summed E-state index contributed by atoms with van der Waals surface area (Å²) < 4.78 is 14.4. The van der Waals surface area contributed by atoms with E-state index in [1.165, 1.54) is 16.9 Å². The standard InChI is InChI=1S/C22H22N2O3S/c1-2-11-24-17-14-18-19(27-13-12-26-18)15-20(17)28-22(24)23-21(25)10-6-9-16-7-4-3-5-8-16/h2-5,7-8,14-15H,1,6,9-13H2. The number of amides is 1. The van der Waals surface area contributed by atoms with Crippen molar-refractivity contribution in [1.29, 1.82) is 0 Å². The van der Waals surface area contributed by atoms with Crippen LogP contribution >= 0.6 is 11.3 Å². The Balaban J connectivity index is 1.58. The summed E-state index contributed by atoms with van der Waals surface area (Å²) in [6.45, 7) is 5.51. The zero-order chi connectivity index (χ0) is 19.3. The molecule has 2 heterocycles. The second-order valence-corrected chi connectivity index (χ2v) is 7.60. The Hall–Kier alpha value is -2.86. The molecule has 4 rings (SSSR count). The fourth-order valence-corrected chi connectivity index (χ4v) is 4.32. The molecule has 144 valence electrons. The number of carbonyl (C=O) groups excluding carboxylic acids is 1. The molecule has 1 aromatic heterocycles. The van der Waals surface area contributed by atoms with Gasteiger partial charge in [-0.2, -0.15) is 4.99 Å². The number of allylic oxidation sites excluding steroid dienone is 1. The molecule has 2 aromatic carbocycles. The Morgan fingerprint density at radius 2 is 1.93 bits per heavy atom. The van der Waals surface area contributed by atoms with Crippen LogP contribution in [0, 0.1) is 0 Å². The third kappa shape index (κ3) is 4.02. The molecule has 0 fully saturated rings. The van der Waals surface area contributed by atoms with Crippen molar-refractivity contribution in [2.45, 2.75) is 25.8 Å². The minimum Gasteiger partial charge on any atom is -0.486 e. The molecule has 0 spiro atoms. The van der Waals surface area contributed by atoms with E-state index < -0.39 is 0 Å². The van der Waals surface area contributed by atoms with Crippen LogP contribution in [0.5, 0.6) is 11.5 Å². The van der Waals surface area contributed by atoms with Gasteiger partial charge >= 0.3 is 0 Å². The van der Waals surface area contributed by atoms with Gasteiger partial charge in [0.2, 0.25) is 5.91 Å². The minimum absolute atomic E-state index is 0.0995. The van der Waals surface area contributed by atoms with E-state index in [1.54, 1.807) is 0 Å². The summed E-state index contributed by atoms with van der Waals surface area (Å²) in [6, 6.07) is 14.1. The lowest BCUT2D eigenvalue weighted by Crippen LogP contribution is -2.17. The highest BCUT2D eigenvalue weighted by Crippen LogP contribution is 2.35. The van der Waals surface area contributed by atoms with Gasteiger partial charge in [0.25, 0.3) is 0 Å². The van der Waals surface area contributed by atoms with E-state index in [4.69, 9.17) is 9.47 Å². The minimum atomic E-state index is -0.0995.